The van der Waals surface area contributed by atoms with E-state index in [1.807, 2.05) is 24.3 Å². The molecule has 1 heterocycles. The molecule has 0 amide bonds. The van der Waals surface area contributed by atoms with Gasteiger partial charge in [0.25, 0.3) is 0 Å². The van der Waals surface area contributed by atoms with Crippen LogP contribution >= 0.6 is 11.6 Å². The molecule has 1 atom stereocenters. The van der Waals surface area contributed by atoms with Crippen molar-refractivity contribution in [2.24, 2.45) is 5.92 Å². The summed E-state index contributed by atoms with van der Waals surface area (Å²) in [6, 6.07) is 7.40. The first kappa shape index (κ1) is 13.2. The molecule has 0 spiro atoms. The van der Waals surface area contributed by atoms with E-state index in [0.717, 1.165) is 35.4 Å². The first-order valence-corrected chi connectivity index (χ1v) is 6.99. The van der Waals surface area contributed by atoms with Crippen LogP contribution < -0.4 is 0 Å². The van der Waals surface area contributed by atoms with Crippen LogP contribution in [0.25, 0.3) is 11.3 Å². The van der Waals surface area contributed by atoms with E-state index in [4.69, 9.17) is 16.1 Å². The Morgan fingerprint density at radius 1 is 1.35 bits per heavy atom. The normalized spacial score (nSPS) is 18.4. The summed E-state index contributed by atoms with van der Waals surface area (Å²) in [6.45, 7) is 0. The molecule has 1 unspecified atom stereocenters. The fourth-order valence-electron chi connectivity index (χ4n) is 2.66. The van der Waals surface area contributed by atoms with Crippen molar-refractivity contribution in [2.75, 3.05) is 0 Å². The summed E-state index contributed by atoms with van der Waals surface area (Å²) in [5, 5.41) is 13.9. The third-order valence-electron chi connectivity index (χ3n) is 3.74. The molecule has 5 heteroatoms. The fraction of sp³-hybridized carbons (Fsp3) is 0.333. The first-order chi connectivity index (χ1) is 9.65. The molecular weight excluding hydrogens is 278 g/mol. The molecule has 2 aromatic rings. The van der Waals surface area contributed by atoms with E-state index in [9.17, 15) is 9.90 Å². The van der Waals surface area contributed by atoms with Crippen LogP contribution in [0.2, 0.25) is 5.02 Å². The van der Waals surface area contributed by atoms with Gasteiger partial charge in [0.05, 0.1) is 11.6 Å². The minimum absolute atomic E-state index is 0.362. The number of hydrogen-bond donors (Lipinski definition) is 1. The van der Waals surface area contributed by atoms with Crippen LogP contribution in [0, 0.1) is 5.92 Å². The maximum absolute atomic E-state index is 11.2. The molecule has 0 aliphatic heterocycles. The van der Waals surface area contributed by atoms with Gasteiger partial charge in [0.15, 0.2) is 5.76 Å². The van der Waals surface area contributed by atoms with Crippen molar-refractivity contribution in [3.8, 4) is 11.3 Å². The van der Waals surface area contributed by atoms with Gasteiger partial charge in [0, 0.05) is 22.6 Å². The largest absolute Gasteiger partial charge is 0.481 e. The van der Waals surface area contributed by atoms with Crippen molar-refractivity contribution in [3.63, 3.8) is 0 Å². The van der Waals surface area contributed by atoms with Crippen molar-refractivity contribution in [2.45, 2.75) is 25.7 Å². The Balaban J connectivity index is 1.96. The third kappa shape index (κ3) is 2.43. The zero-order valence-electron chi connectivity index (χ0n) is 10.8. The van der Waals surface area contributed by atoms with Gasteiger partial charge in [0.2, 0.25) is 0 Å². The van der Waals surface area contributed by atoms with Crippen LogP contribution in [0.1, 0.15) is 24.1 Å². The lowest BCUT2D eigenvalue weighted by Gasteiger charge is -2.05. The third-order valence-corrected chi connectivity index (χ3v) is 4.00. The first-order valence-electron chi connectivity index (χ1n) is 6.61. The second-order valence-electron chi connectivity index (χ2n) is 5.08. The van der Waals surface area contributed by atoms with E-state index in [-0.39, 0.29) is 5.92 Å². The standard InChI is InChI=1S/C15H14ClNO3/c16-11-6-4-9(5-7-11)14-12-3-1-2-10(15(18)19)8-13(12)17-20-14/h4-7,10H,1-3,8H2,(H,18,19). The maximum atomic E-state index is 11.2. The summed E-state index contributed by atoms with van der Waals surface area (Å²) >= 11 is 5.89. The number of carboxylic acids is 1. The van der Waals surface area contributed by atoms with E-state index < -0.39 is 5.97 Å². The molecule has 0 saturated carbocycles. The number of aliphatic carboxylic acids is 1. The van der Waals surface area contributed by atoms with Gasteiger partial charge in [-0.25, -0.2) is 0 Å². The van der Waals surface area contributed by atoms with Gasteiger partial charge < -0.3 is 9.63 Å². The summed E-state index contributed by atoms with van der Waals surface area (Å²) in [7, 11) is 0. The van der Waals surface area contributed by atoms with Crippen LogP contribution in [-0.2, 0) is 17.6 Å². The molecule has 0 saturated heterocycles. The Hall–Kier alpha value is -1.81. The Morgan fingerprint density at radius 3 is 2.80 bits per heavy atom. The highest BCUT2D eigenvalue weighted by Gasteiger charge is 2.27. The Morgan fingerprint density at radius 2 is 2.10 bits per heavy atom. The van der Waals surface area contributed by atoms with Gasteiger partial charge in [-0.1, -0.05) is 16.8 Å². The number of carbonyl (C=O) groups is 1. The van der Waals surface area contributed by atoms with Crippen molar-refractivity contribution < 1.29 is 14.4 Å². The predicted molar refractivity (Wildman–Crippen MR) is 74.7 cm³/mol. The molecule has 1 aliphatic carbocycles. The minimum atomic E-state index is -0.756. The number of nitrogens with zero attached hydrogens (tertiary/aromatic N) is 1. The highest BCUT2D eigenvalue weighted by atomic mass is 35.5. The number of rotatable bonds is 2. The molecule has 0 bridgehead atoms. The molecular formula is C15H14ClNO3. The molecule has 3 rings (SSSR count). The smallest absolute Gasteiger partial charge is 0.306 e. The molecule has 4 nitrogen and oxygen atoms in total. The summed E-state index contributed by atoms with van der Waals surface area (Å²) in [4.78, 5) is 11.2. The molecule has 20 heavy (non-hydrogen) atoms. The Labute approximate surface area is 121 Å². The van der Waals surface area contributed by atoms with Gasteiger partial charge in [-0.3, -0.25) is 4.79 Å². The number of hydrogen-bond acceptors (Lipinski definition) is 3. The van der Waals surface area contributed by atoms with E-state index in [2.05, 4.69) is 5.16 Å². The topological polar surface area (TPSA) is 63.3 Å². The lowest BCUT2D eigenvalue weighted by atomic mass is 10.0. The molecule has 1 aliphatic rings. The second-order valence-corrected chi connectivity index (χ2v) is 5.51. The predicted octanol–water partition coefficient (Wildman–Crippen LogP) is 3.57. The quantitative estimate of drug-likeness (QED) is 0.859. The number of benzene rings is 1. The van der Waals surface area contributed by atoms with Crippen molar-refractivity contribution in [1.82, 2.24) is 5.16 Å². The number of aromatic nitrogens is 1. The average molecular weight is 292 g/mol. The lowest BCUT2D eigenvalue weighted by Crippen LogP contribution is -2.15. The number of fused-ring (bicyclic) bond motifs is 1. The highest BCUT2D eigenvalue weighted by Crippen LogP contribution is 2.33. The zero-order chi connectivity index (χ0) is 14.1. The Kier molecular flexibility index (Phi) is 3.49. The van der Waals surface area contributed by atoms with Crippen molar-refractivity contribution >= 4 is 17.6 Å². The van der Waals surface area contributed by atoms with Gasteiger partial charge in [-0.05, 0) is 43.5 Å². The molecule has 1 aromatic carbocycles. The van der Waals surface area contributed by atoms with Crippen molar-refractivity contribution in [1.29, 1.82) is 0 Å². The molecule has 104 valence electrons. The van der Waals surface area contributed by atoms with Crippen LogP contribution in [-0.4, -0.2) is 16.2 Å². The van der Waals surface area contributed by atoms with Gasteiger partial charge >= 0.3 is 5.97 Å². The van der Waals surface area contributed by atoms with Crippen LogP contribution in [0.15, 0.2) is 28.8 Å². The van der Waals surface area contributed by atoms with Gasteiger partial charge in [-0.2, -0.15) is 0 Å². The van der Waals surface area contributed by atoms with E-state index in [1.165, 1.54) is 0 Å². The van der Waals surface area contributed by atoms with E-state index in [0.29, 0.717) is 17.9 Å². The number of carboxylic acid groups (broad SMARTS) is 1. The average Bonchev–Trinajstić information content (AvgIpc) is 2.69. The van der Waals surface area contributed by atoms with Crippen molar-refractivity contribution in [3.05, 3.63) is 40.5 Å². The fourth-order valence-corrected chi connectivity index (χ4v) is 2.79. The maximum Gasteiger partial charge on any atom is 0.306 e. The second kappa shape index (κ2) is 5.29. The number of halogens is 1. The molecule has 0 radical (unpaired) electrons. The van der Waals surface area contributed by atoms with E-state index >= 15 is 0 Å². The SMILES string of the molecule is O=C(O)C1CCCc2c(noc2-c2ccc(Cl)cc2)C1. The highest BCUT2D eigenvalue weighted by molar-refractivity contribution is 6.30. The van der Waals surface area contributed by atoms with Gasteiger partial charge in [0.1, 0.15) is 0 Å². The summed E-state index contributed by atoms with van der Waals surface area (Å²) < 4.78 is 5.44. The zero-order valence-corrected chi connectivity index (χ0v) is 11.6. The molecule has 0 fully saturated rings. The van der Waals surface area contributed by atoms with Crippen LogP contribution in [0.3, 0.4) is 0 Å². The van der Waals surface area contributed by atoms with Crippen LogP contribution in [0.4, 0.5) is 0 Å². The summed E-state index contributed by atoms with van der Waals surface area (Å²) in [5.74, 6) is -0.379. The summed E-state index contributed by atoms with van der Waals surface area (Å²) in [6.07, 6.45) is 2.78. The van der Waals surface area contributed by atoms with Gasteiger partial charge in [-0.15, -0.1) is 0 Å². The van der Waals surface area contributed by atoms with E-state index in [1.54, 1.807) is 0 Å². The lowest BCUT2D eigenvalue weighted by molar-refractivity contribution is -0.141. The molecule has 1 N–H and O–H groups in total. The van der Waals surface area contributed by atoms with Crippen LogP contribution in [0.5, 0.6) is 0 Å². The molecule has 1 aromatic heterocycles. The minimum Gasteiger partial charge on any atom is -0.481 e. The summed E-state index contributed by atoms with van der Waals surface area (Å²) in [5.41, 5.74) is 2.74. The Bertz CT molecular complexity index is 633. The monoisotopic (exact) mass is 291 g/mol.